The lowest BCUT2D eigenvalue weighted by atomic mass is 9.99. The van der Waals surface area contributed by atoms with Gasteiger partial charge in [-0.15, -0.1) is 0 Å². The van der Waals surface area contributed by atoms with E-state index < -0.39 is 6.09 Å². The van der Waals surface area contributed by atoms with Crippen LogP contribution in [0.15, 0.2) is 121 Å². The van der Waals surface area contributed by atoms with Gasteiger partial charge in [0.1, 0.15) is 11.6 Å². The van der Waals surface area contributed by atoms with E-state index in [-0.39, 0.29) is 36.0 Å². The molecular weight excluding hydrogens is 753 g/mol. The summed E-state index contributed by atoms with van der Waals surface area (Å²) in [7, 11) is 1.28. The Kier molecular flexibility index (Phi) is 8.50. The molecule has 0 spiro atoms. The second-order valence-electron chi connectivity index (χ2n) is 16.8. The molecule has 60 heavy (non-hydrogen) atoms. The lowest BCUT2D eigenvalue weighted by Crippen LogP contribution is -2.53. The Balaban J connectivity index is 0.813. The molecule has 2 aliphatic carbocycles. The minimum atomic E-state index is -0.723. The molecule has 11 rings (SSSR count). The fourth-order valence-corrected chi connectivity index (χ4v) is 9.74. The van der Waals surface area contributed by atoms with Crippen molar-refractivity contribution in [3.63, 3.8) is 0 Å². The summed E-state index contributed by atoms with van der Waals surface area (Å²) < 4.78 is 4.85. The molecule has 4 amide bonds. The third-order valence-electron chi connectivity index (χ3n) is 13.1. The molecule has 4 fully saturated rings. The summed E-state index contributed by atoms with van der Waals surface area (Å²) in [5.74, 6) is 2.51. The molecule has 2 saturated heterocycles. The number of imidazole rings is 2. The number of hydrogen-bond acceptors (Lipinski definition) is 6. The molecule has 12 heteroatoms. The second-order valence-corrected chi connectivity index (χ2v) is 16.8. The second kappa shape index (κ2) is 14.1. The Morgan fingerprint density at radius 1 is 0.667 bits per heavy atom. The first-order chi connectivity index (χ1) is 29.3. The minimum Gasteiger partial charge on any atom is -0.452 e. The van der Waals surface area contributed by atoms with Crippen LogP contribution in [0.4, 0.5) is 15.3 Å². The fourth-order valence-electron chi connectivity index (χ4n) is 9.74. The predicted octanol–water partition coefficient (Wildman–Crippen LogP) is 9.27. The number of piperidine rings is 2. The molecule has 2 aliphatic heterocycles. The molecule has 3 N–H and O–H groups in total. The van der Waals surface area contributed by atoms with Crippen LogP contribution in [0.3, 0.4) is 0 Å². The summed E-state index contributed by atoms with van der Waals surface area (Å²) in [5, 5.41) is 1.26. The maximum Gasteiger partial charge on any atom is 0.426 e. The van der Waals surface area contributed by atoms with E-state index in [0.29, 0.717) is 23.6 Å². The normalized spacial score (nSPS) is 23.0. The molecule has 12 nitrogen and oxygen atoms in total. The van der Waals surface area contributed by atoms with Gasteiger partial charge in [0, 0.05) is 12.1 Å². The lowest BCUT2D eigenvalue weighted by Gasteiger charge is -2.32. The summed E-state index contributed by atoms with van der Waals surface area (Å²) in [6.07, 6.45) is 3.03. The molecule has 5 aromatic carbocycles. The number of hydrazine groups is 1. The number of urea groups is 1. The van der Waals surface area contributed by atoms with Crippen molar-refractivity contribution in [2.45, 2.75) is 62.7 Å². The summed E-state index contributed by atoms with van der Waals surface area (Å²) in [6.45, 7) is 2.01. The topological polar surface area (TPSA) is 140 Å². The number of carbonyl (C=O) groups is 3. The zero-order valence-corrected chi connectivity index (χ0v) is 33.3. The molecule has 2 aromatic heterocycles. The minimum absolute atomic E-state index is 0.0450. The number of nitrogens with zero attached hydrogens (tertiary/aromatic N) is 5. The Morgan fingerprint density at radius 3 is 1.72 bits per heavy atom. The van der Waals surface area contributed by atoms with Crippen LogP contribution in [-0.4, -0.2) is 67.0 Å². The van der Waals surface area contributed by atoms with E-state index in [1.54, 1.807) is 12.1 Å². The highest BCUT2D eigenvalue weighted by molar-refractivity contribution is 5.95. The maximum absolute atomic E-state index is 14.2. The molecule has 0 radical (unpaired) electrons. The molecule has 4 heterocycles. The van der Waals surface area contributed by atoms with Crippen LogP contribution in [0.25, 0.3) is 44.3 Å². The monoisotopic (exact) mass is 796 g/mol. The molecule has 0 unspecified atom stereocenters. The number of fused-ring (bicyclic) bond motifs is 4. The molecule has 4 aliphatic rings. The van der Waals surface area contributed by atoms with Crippen LogP contribution in [0, 0.1) is 11.8 Å². The van der Waals surface area contributed by atoms with Gasteiger partial charge in [0.2, 0.25) is 5.91 Å². The number of rotatable bonds is 7. The van der Waals surface area contributed by atoms with Gasteiger partial charge in [0.05, 0.1) is 52.9 Å². The van der Waals surface area contributed by atoms with Crippen molar-refractivity contribution in [2.24, 2.45) is 11.8 Å². The van der Waals surface area contributed by atoms with Crippen LogP contribution in [0.2, 0.25) is 0 Å². The van der Waals surface area contributed by atoms with Gasteiger partial charge in [-0.2, -0.15) is 5.01 Å². The Hall–Kier alpha value is -6.95. The molecular formula is C48H44N8O4. The van der Waals surface area contributed by atoms with Crippen molar-refractivity contribution < 1.29 is 19.1 Å². The summed E-state index contributed by atoms with van der Waals surface area (Å²) in [4.78, 5) is 61.4. The van der Waals surface area contributed by atoms with E-state index in [2.05, 4.69) is 74.9 Å². The van der Waals surface area contributed by atoms with Crippen molar-refractivity contribution in [3.05, 3.63) is 139 Å². The average Bonchev–Trinajstić information content (AvgIpc) is 3.95. The number of anilines is 1. The quantitative estimate of drug-likeness (QED) is 0.138. The van der Waals surface area contributed by atoms with E-state index in [9.17, 15) is 14.4 Å². The van der Waals surface area contributed by atoms with Gasteiger partial charge < -0.3 is 24.5 Å². The number of methoxy groups -OCH3 is 1. The van der Waals surface area contributed by atoms with E-state index in [4.69, 9.17) is 14.7 Å². The number of aromatic nitrogens is 4. The van der Waals surface area contributed by atoms with E-state index in [1.165, 1.54) is 12.1 Å². The van der Waals surface area contributed by atoms with Gasteiger partial charge in [-0.05, 0) is 109 Å². The van der Waals surface area contributed by atoms with Crippen LogP contribution in [0.5, 0.6) is 0 Å². The number of carbonyl (C=O) groups excluding carboxylic acids is 3. The van der Waals surface area contributed by atoms with Gasteiger partial charge in [-0.1, -0.05) is 84.9 Å². The average molecular weight is 797 g/mol. The summed E-state index contributed by atoms with van der Waals surface area (Å²) in [6, 6.07) is 39.9. The summed E-state index contributed by atoms with van der Waals surface area (Å²) in [5.41, 5.74) is 12.1. The van der Waals surface area contributed by atoms with Gasteiger partial charge in [0.15, 0.2) is 0 Å². The Labute approximate surface area is 346 Å². The number of nitrogens with one attached hydrogen (secondary N) is 3. The number of benzene rings is 5. The molecule has 7 aromatic rings. The van der Waals surface area contributed by atoms with E-state index in [1.807, 2.05) is 66.4 Å². The van der Waals surface area contributed by atoms with Crippen LogP contribution >= 0.6 is 0 Å². The third kappa shape index (κ3) is 6.25. The van der Waals surface area contributed by atoms with Gasteiger partial charge in [-0.3, -0.25) is 4.79 Å². The van der Waals surface area contributed by atoms with Crippen molar-refractivity contribution in [3.8, 4) is 22.3 Å². The van der Waals surface area contributed by atoms with E-state index >= 15 is 0 Å². The smallest absolute Gasteiger partial charge is 0.426 e. The molecule has 7 atom stereocenters. The fraction of sp³-hybridized carbons (Fsp3) is 0.271. The van der Waals surface area contributed by atoms with Crippen LogP contribution in [-0.2, 0) is 9.53 Å². The van der Waals surface area contributed by atoms with E-state index in [0.717, 1.165) is 87.2 Å². The van der Waals surface area contributed by atoms with Crippen molar-refractivity contribution in [1.82, 2.24) is 35.2 Å². The third-order valence-corrected chi connectivity index (χ3v) is 13.1. The number of para-hydroxylation sites is 1. The number of H-pyrrole nitrogens is 2. The standard InChI is InChI=1S/C48H44N8O4/c1-27(28-9-5-3-6-10-28)46(57)54-40-23-33(40)25-42(54)44-49-36-19-17-31(21-38(36)51-44)29-13-15-30(16-14-29)32-18-20-37-39(22-32)52-45(50-37)43-26-34-24-41(34)55(43)48(59)56(53-47(58)60-2)35-11-7-4-8-12-35/h3-22,27,33-34,40-43H,23-26H2,1-2H3,(H,49,51)(H,50,52)(H,53,58)/t27-,33-,34-,40-,41-,42+,43+/m1/s1. The number of aromatic amines is 2. The first kappa shape index (κ1) is 36.2. The first-order valence-corrected chi connectivity index (χ1v) is 20.8. The van der Waals surface area contributed by atoms with Crippen molar-refractivity contribution in [1.29, 1.82) is 0 Å². The highest BCUT2D eigenvalue weighted by Crippen LogP contribution is 2.55. The van der Waals surface area contributed by atoms with Crippen molar-refractivity contribution >= 4 is 45.8 Å². The maximum atomic E-state index is 14.2. The molecule has 0 bridgehead atoms. The van der Waals surface area contributed by atoms with Crippen molar-refractivity contribution in [2.75, 3.05) is 12.1 Å². The SMILES string of the molecule is COC(=O)NN(C(=O)N1[C@@H]2C[C@@H]2C[C@H]1c1nc2ccc(-c3ccc(-c4ccc5nc([C@@H]6C[C@H]7C[C@H]7N6C(=O)[C@H](C)c6ccccc6)[nH]c5c4)cc3)cc2[nH]1)c1ccccc1. The number of hydrogen-bond donors (Lipinski definition) is 3. The van der Waals surface area contributed by atoms with Crippen LogP contribution in [0.1, 0.15) is 67.8 Å². The molecule has 2 saturated carbocycles. The van der Waals surface area contributed by atoms with Gasteiger partial charge in [-0.25, -0.2) is 25.0 Å². The number of amides is 4. The Morgan fingerprint density at radius 2 is 1.17 bits per heavy atom. The highest BCUT2D eigenvalue weighted by Gasteiger charge is 2.57. The highest BCUT2D eigenvalue weighted by atomic mass is 16.5. The van der Waals surface area contributed by atoms with Crippen LogP contribution < -0.4 is 10.4 Å². The lowest BCUT2D eigenvalue weighted by molar-refractivity contribution is -0.134. The first-order valence-electron chi connectivity index (χ1n) is 20.8. The Bertz CT molecular complexity index is 2790. The van der Waals surface area contributed by atoms with Gasteiger partial charge in [0.25, 0.3) is 0 Å². The summed E-state index contributed by atoms with van der Waals surface area (Å²) >= 11 is 0. The zero-order chi connectivity index (χ0) is 40.6. The number of ether oxygens (including phenoxy) is 1. The van der Waals surface area contributed by atoms with Gasteiger partial charge >= 0.3 is 12.1 Å². The number of likely N-dealkylation sites (tertiary alicyclic amines) is 2. The molecule has 300 valence electrons. The predicted molar refractivity (Wildman–Crippen MR) is 229 cm³/mol. The largest absolute Gasteiger partial charge is 0.452 e. The zero-order valence-electron chi connectivity index (χ0n) is 33.3.